The molecule has 2 aromatic carbocycles. The zero-order valence-electron chi connectivity index (χ0n) is 19.7. The maximum atomic E-state index is 13.0. The lowest BCUT2D eigenvalue weighted by molar-refractivity contribution is -0.116. The van der Waals surface area contributed by atoms with Crippen LogP contribution in [0.1, 0.15) is 18.9 Å². The number of hydrogen-bond acceptors (Lipinski definition) is 5. The highest BCUT2D eigenvalue weighted by Crippen LogP contribution is 2.21. The quantitative estimate of drug-likeness (QED) is 0.565. The lowest BCUT2D eigenvalue weighted by Crippen LogP contribution is -2.48. The van der Waals surface area contributed by atoms with Crippen molar-refractivity contribution < 1.29 is 18.0 Å². The van der Waals surface area contributed by atoms with E-state index in [1.54, 1.807) is 30.1 Å². The summed E-state index contributed by atoms with van der Waals surface area (Å²) in [5, 5.41) is 5.45. The van der Waals surface area contributed by atoms with Crippen LogP contribution in [0.5, 0.6) is 0 Å². The van der Waals surface area contributed by atoms with Gasteiger partial charge in [-0.2, -0.15) is 4.31 Å². The topological polar surface area (TPSA) is 102 Å². The number of sulfonamides is 1. The minimum absolute atomic E-state index is 0.0703. The van der Waals surface area contributed by atoms with Crippen molar-refractivity contribution in [2.24, 2.45) is 0 Å². The SMILES string of the molecule is CCN1CCN(S(=O)(=O)c2cccc(NC(=O)CCNC(=O)N(C)Cc3ccccc3)c2)CC1. The van der Waals surface area contributed by atoms with Crippen LogP contribution < -0.4 is 10.6 Å². The molecule has 3 amide bonds. The zero-order valence-corrected chi connectivity index (χ0v) is 20.6. The molecule has 0 atom stereocenters. The Balaban J connectivity index is 1.48. The molecule has 1 fully saturated rings. The van der Waals surface area contributed by atoms with E-state index in [1.165, 1.54) is 10.4 Å². The molecule has 10 heteroatoms. The van der Waals surface area contributed by atoms with E-state index in [0.29, 0.717) is 38.4 Å². The Morgan fingerprint density at radius 3 is 2.38 bits per heavy atom. The van der Waals surface area contributed by atoms with Crippen LogP contribution in [0.3, 0.4) is 0 Å². The predicted octanol–water partition coefficient (Wildman–Crippen LogP) is 2.18. The van der Waals surface area contributed by atoms with Gasteiger partial charge in [0.05, 0.1) is 4.90 Å². The van der Waals surface area contributed by atoms with Crippen LogP contribution in [0.4, 0.5) is 10.5 Å². The first-order valence-corrected chi connectivity index (χ1v) is 12.9. The monoisotopic (exact) mass is 487 g/mol. The van der Waals surface area contributed by atoms with Gasteiger partial charge in [-0.25, -0.2) is 13.2 Å². The molecular formula is C24H33N5O4S. The largest absolute Gasteiger partial charge is 0.337 e. The molecule has 0 radical (unpaired) electrons. The van der Waals surface area contributed by atoms with Crippen molar-refractivity contribution in [3.8, 4) is 0 Å². The van der Waals surface area contributed by atoms with E-state index < -0.39 is 10.0 Å². The molecule has 2 aromatic rings. The Labute approximate surface area is 201 Å². The molecule has 2 N–H and O–H groups in total. The standard InChI is InChI=1S/C24H33N5O4S/c1-3-28-14-16-29(17-15-28)34(32,33)22-11-7-10-21(18-22)26-23(30)12-13-25-24(31)27(2)19-20-8-5-4-6-9-20/h4-11,18H,3,12-17,19H2,1-2H3,(H,25,31)(H,26,30). The fourth-order valence-electron chi connectivity index (χ4n) is 3.74. The Bertz CT molecular complexity index is 1070. The maximum Gasteiger partial charge on any atom is 0.317 e. The summed E-state index contributed by atoms with van der Waals surface area (Å²) < 4.78 is 27.5. The molecular weight excluding hydrogens is 454 g/mol. The molecule has 1 heterocycles. The Hall–Kier alpha value is -2.95. The second-order valence-electron chi connectivity index (χ2n) is 8.24. The van der Waals surface area contributed by atoms with Gasteiger partial charge in [-0.05, 0) is 30.3 Å². The number of anilines is 1. The van der Waals surface area contributed by atoms with Gasteiger partial charge in [-0.3, -0.25) is 4.79 Å². The van der Waals surface area contributed by atoms with Crippen molar-refractivity contribution >= 4 is 27.6 Å². The van der Waals surface area contributed by atoms with Crippen LogP contribution in [0, 0.1) is 0 Å². The summed E-state index contributed by atoms with van der Waals surface area (Å²) in [5.74, 6) is -0.308. The van der Waals surface area contributed by atoms with Crippen molar-refractivity contribution in [2.45, 2.75) is 24.8 Å². The molecule has 1 aliphatic rings. The average molecular weight is 488 g/mol. The number of benzene rings is 2. The number of nitrogens with one attached hydrogen (secondary N) is 2. The number of carbonyl (C=O) groups excluding carboxylic acids is 2. The van der Waals surface area contributed by atoms with Gasteiger partial charge in [0, 0.05) is 58.4 Å². The van der Waals surface area contributed by atoms with E-state index in [-0.39, 0.29) is 29.8 Å². The number of piperazine rings is 1. The van der Waals surface area contributed by atoms with E-state index in [9.17, 15) is 18.0 Å². The van der Waals surface area contributed by atoms with E-state index in [0.717, 1.165) is 12.1 Å². The molecule has 3 rings (SSSR count). The Morgan fingerprint density at radius 1 is 1.00 bits per heavy atom. The smallest absolute Gasteiger partial charge is 0.317 e. The average Bonchev–Trinajstić information content (AvgIpc) is 2.84. The lowest BCUT2D eigenvalue weighted by Gasteiger charge is -2.33. The summed E-state index contributed by atoms with van der Waals surface area (Å²) in [5.41, 5.74) is 1.42. The molecule has 0 saturated carbocycles. The third-order valence-corrected chi connectivity index (χ3v) is 7.67. The molecule has 1 aliphatic heterocycles. The van der Waals surface area contributed by atoms with Gasteiger partial charge in [-0.1, -0.05) is 43.3 Å². The number of carbonyl (C=O) groups is 2. The lowest BCUT2D eigenvalue weighted by atomic mass is 10.2. The number of amides is 3. The molecule has 34 heavy (non-hydrogen) atoms. The first-order chi connectivity index (χ1) is 16.3. The van der Waals surface area contributed by atoms with E-state index in [2.05, 4.69) is 22.5 Å². The van der Waals surface area contributed by atoms with E-state index >= 15 is 0 Å². The van der Waals surface area contributed by atoms with Crippen LogP contribution in [0.25, 0.3) is 0 Å². The normalized spacial score (nSPS) is 15.0. The van der Waals surface area contributed by atoms with E-state index in [4.69, 9.17) is 0 Å². The van der Waals surface area contributed by atoms with Crippen molar-refractivity contribution in [2.75, 3.05) is 51.6 Å². The third kappa shape index (κ3) is 7.02. The summed E-state index contributed by atoms with van der Waals surface area (Å²) in [6.07, 6.45) is 0.0703. The second-order valence-corrected chi connectivity index (χ2v) is 10.2. The van der Waals surface area contributed by atoms with Gasteiger partial charge < -0.3 is 20.4 Å². The van der Waals surface area contributed by atoms with Gasteiger partial charge in [0.2, 0.25) is 15.9 Å². The highest BCUT2D eigenvalue weighted by Gasteiger charge is 2.28. The first-order valence-electron chi connectivity index (χ1n) is 11.4. The van der Waals surface area contributed by atoms with Crippen LogP contribution in [-0.2, 0) is 21.4 Å². The third-order valence-electron chi connectivity index (χ3n) is 5.77. The number of hydrogen-bond donors (Lipinski definition) is 2. The molecule has 0 aromatic heterocycles. The first kappa shape index (κ1) is 25.7. The minimum atomic E-state index is -3.62. The summed E-state index contributed by atoms with van der Waals surface area (Å²) in [6, 6.07) is 15.6. The highest BCUT2D eigenvalue weighted by molar-refractivity contribution is 7.89. The molecule has 0 aliphatic carbocycles. The fourth-order valence-corrected chi connectivity index (χ4v) is 5.21. The van der Waals surface area contributed by atoms with Gasteiger partial charge >= 0.3 is 6.03 Å². The molecule has 0 bridgehead atoms. The van der Waals surface area contributed by atoms with Gasteiger partial charge in [0.25, 0.3) is 0 Å². The van der Waals surface area contributed by atoms with Crippen molar-refractivity contribution in [3.05, 3.63) is 60.2 Å². The van der Waals surface area contributed by atoms with Crippen molar-refractivity contribution in [1.29, 1.82) is 0 Å². The van der Waals surface area contributed by atoms with Gasteiger partial charge in [0.1, 0.15) is 0 Å². The molecule has 0 spiro atoms. The molecule has 184 valence electrons. The van der Waals surface area contributed by atoms with Crippen LogP contribution in [-0.4, -0.2) is 80.8 Å². The number of rotatable bonds is 9. The van der Waals surface area contributed by atoms with Crippen molar-refractivity contribution in [1.82, 2.24) is 19.4 Å². The predicted molar refractivity (Wildman–Crippen MR) is 132 cm³/mol. The van der Waals surface area contributed by atoms with Crippen molar-refractivity contribution in [3.63, 3.8) is 0 Å². The minimum Gasteiger partial charge on any atom is -0.337 e. The fraction of sp³-hybridized carbons (Fsp3) is 0.417. The van der Waals surface area contributed by atoms with E-state index in [1.807, 2.05) is 30.3 Å². The summed E-state index contributed by atoms with van der Waals surface area (Å²) >= 11 is 0. The van der Waals surface area contributed by atoms with Crippen LogP contribution in [0.2, 0.25) is 0 Å². The summed E-state index contributed by atoms with van der Waals surface area (Å²) in [7, 11) is -1.93. The number of urea groups is 1. The van der Waals surface area contributed by atoms with Gasteiger partial charge in [-0.15, -0.1) is 0 Å². The summed E-state index contributed by atoms with van der Waals surface area (Å²) in [6.45, 7) is 5.91. The number of nitrogens with zero attached hydrogens (tertiary/aromatic N) is 3. The second kappa shape index (κ2) is 12.0. The highest BCUT2D eigenvalue weighted by atomic mass is 32.2. The van der Waals surface area contributed by atoms with Gasteiger partial charge in [0.15, 0.2) is 0 Å². The van der Waals surface area contributed by atoms with Crippen LogP contribution >= 0.6 is 0 Å². The Kier molecular flexibility index (Phi) is 9.03. The Morgan fingerprint density at radius 2 is 1.71 bits per heavy atom. The van der Waals surface area contributed by atoms with Crippen LogP contribution in [0.15, 0.2) is 59.5 Å². The maximum absolute atomic E-state index is 13.0. The summed E-state index contributed by atoms with van der Waals surface area (Å²) in [4.78, 5) is 28.5. The molecule has 9 nitrogen and oxygen atoms in total. The molecule has 1 saturated heterocycles. The molecule has 0 unspecified atom stereocenters. The zero-order chi connectivity index (χ0) is 24.6. The number of likely N-dealkylation sites (N-methyl/N-ethyl adjacent to an activating group) is 1.